The molecule has 1 aliphatic heterocycles. The van der Waals surface area contributed by atoms with E-state index < -0.39 is 0 Å². The van der Waals surface area contributed by atoms with E-state index >= 15 is 0 Å². The second kappa shape index (κ2) is 10.7. The third-order valence-electron chi connectivity index (χ3n) is 6.97. The summed E-state index contributed by atoms with van der Waals surface area (Å²) in [6, 6.07) is 11.1. The topological polar surface area (TPSA) is 39.9 Å². The molecule has 0 spiro atoms. The molecule has 0 aliphatic carbocycles. The van der Waals surface area contributed by atoms with Gasteiger partial charge in [0.05, 0.1) is 17.4 Å². The van der Waals surface area contributed by atoms with Crippen LogP contribution in [0.1, 0.15) is 68.9 Å². The molecule has 178 valence electrons. The van der Waals surface area contributed by atoms with Crippen LogP contribution in [-0.4, -0.2) is 64.4 Å². The number of imidazole rings is 1. The molecule has 0 bridgehead atoms. The minimum absolute atomic E-state index is 0.271. The number of fused-ring (bicyclic) bond motifs is 1. The Morgan fingerprint density at radius 2 is 1.85 bits per heavy atom. The SMILES string of the molecule is CCCCC(c1cn2c(N3CCN(C)CC3)cccc2n1)N(C)Cc1ncccc1C(C)C. The van der Waals surface area contributed by atoms with Crippen LogP contribution in [0, 0.1) is 0 Å². The van der Waals surface area contributed by atoms with Gasteiger partial charge in [-0.05, 0) is 50.2 Å². The average molecular weight is 449 g/mol. The van der Waals surface area contributed by atoms with Crippen LogP contribution in [0.2, 0.25) is 0 Å². The van der Waals surface area contributed by atoms with Crippen molar-refractivity contribution in [3.05, 3.63) is 59.7 Å². The number of anilines is 1. The molecule has 1 atom stereocenters. The lowest BCUT2D eigenvalue weighted by Gasteiger charge is -2.34. The molecular formula is C27H40N6. The molecule has 6 heteroatoms. The summed E-state index contributed by atoms with van der Waals surface area (Å²) in [6.45, 7) is 11.9. The van der Waals surface area contributed by atoms with Gasteiger partial charge >= 0.3 is 0 Å². The highest BCUT2D eigenvalue weighted by molar-refractivity contribution is 5.53. The Morgan fingerprint density at radius 3 is 2.58 bits per heavy atom. The standard InChI is InChI=1S/C27H40N6/c1-6-7-11-25(31(5)19-23-22(21(2)3)10-9-14-28-23)24-20-33-26(29-24)12-8-13-27(33)32-17-15-30(4)16-18-32/h8-10,12-14,20-21,25H,6-7,11,15-19H2,1-5H3. The van der Waals surface area contributed by atoms with Crippen LogP contribution < -0.4 is 4.90 Å². The van der Waals surface area contributed by atoms with Gasteiger partial charge in [-0.25, -0.2) is 4.98 Å². The summed E-state index contributed by atoms with van der Waals surface area (Å²) in [4.78, 5) is 17.2. The molecule has 3 aromatic rings. The van der Waals surface area contributed by atoms with Gasteiger partial charge in [-0.2, -0.15) is 0 Å². The van der Waals surface area contributed by atoms with Crippen LogP contribution in [0.15, 0.2) is 42.7 Å². The number of unbranched alkanes of at least 4 members (excludes halogenated alkanes) is 1. The third kappa shape index (κ3) is 5.39. The first-order chi connectivity index (χ1) is 16.0. The average Bonchev–Trinajstić information content (AvgIpc) is 3.24. The lowest BCUT2D eigenvalue weighted by atomic mass is 10.00. The highest BCUT2D eigenvalue weighted by Crippen LogP contribution is 2.29. The monoisotopic (exact) mass is 448 g/mol. The molecule has 0 aromatic carbocycles. The van der Waals surface area contributed by atoms with Crippen LogP contribution in [0.5, 0.6) is 0 Å². The highest BCUT2D eigenvalue weighted by Gasteiger charge is 2.23. The largest absolute Gasteiger partial charge is 0.355 e. The molecule has 1 aliphatic rings. The zero-order chi connectivity index (χ0) is 23.4. The Kier molecular flexibility index (Phi) is 7.66. The van der Waals surface area contributed by atoms with Crippen LogP contribution in [0.4, 0.5) is 5.82 Å². The molecule has 6 nitrogen and oxygen atoms in total. The van der Waals surface area contributed by atoms with Gasteiger partial charge < -0.3 is 9.80 Å². The van der Waals surface area contributed by atoms with E-state index in [4.69, 9.17) is 9.97 Å². The summed E-state index contributed by atoms with van der Waals surface area (Å²) in [7, 11) is 4.43. The predicted octanol–water partition coefficient (Wildman–Crippen LogP) is 4.97. The summed E-state index contributed by atoms with van der Waals surface area (Å²) in [6.07, 6.45) is 7.67. The van der Waals surface area contributed by atoms with E-state index in [2.05, 4.69) is 90.5 Å². The summed E-state index contributed by atoms with van der Waals surface area (Å²) >= 11 is 0. The minimum Gasteiger partial charge on any atom is -0.355 e. The van der Waals surface area contributed by atoms with Gasteiger partial charge in [-0.3, -0.25) is 14.3 Å². The van der Waals surface area contributed by atoms with Crippen molar-refractivity contribution in [1.29, 1.82) is 0 Å². The van der Waals surface area contributed by atoms with Crippen LogP contribution in [0.25, 0.3) is 5.65 Å². The second-order valence-corrected chi connectivity index (χ2v) is 9.84. The number of likely N-dealkylation sites (N-methyl/N-ethyl adjacent to an activating group) is 1. The molecule has 1 saturated heterocycles. The molecule has 0 N–H and O–H groups in total. The van der Waals surface area contributed by atoms with Crippen molar-refractivity contribution in [2.75, 3.05) is 45.2 Å². The molecular weight excluding hydrogens is 408 g/mol. The van der Waals surface area contributed by atoms with Crippen molar-refractivity contribution < 1.29 is 0 Å². The maximum atomic E-state index is 5.12. The smallest absolute Gasteiger partial charge is 0.138 e. The fourth-order valence-electron chi connectivity index (χ4n) is 4.92. The molecule has 0 radical (unpaired) electrons. The van der Waals surface area contributed by atoms with E-state index in [1.807, 2.05) is 6.20 Å². The van der Waals surface area contributed by atoms with Gasteiger partial charge in [0.2, 0.25) is 0 Å². The van der Waals surface area contributed by atoms with Gasteiger partial charge in [-0.15, -0.1) is 0 Å². The zero-order valence-corrected chi connectivity index (χ0v) is 21.0. The normalized spacial score (nSPS) is 16.3. The Labute approximate surface area is 199 Å². The lowest BCUT2D eigenvalue weighted by molar-refractivity contribution is 0.214. The number of pyridine rings is 2. The number of aromatic nitrogens is 3. The Hall–Kier alpha value is -2.44. The number of piperazine rings is 1. The van der Waals surface area contributed by atoms with Crippen LogP contribution in [-0.2, 0) is 6.54 Å². The quantitative estimate of drug-likeness (QED) is 0.462. The minimum atomic E-state index is 0.271. The lowest BCUT2D eigenvalue weighted by Crippen LogP contribution is -2.45. The summed E-state index contributed by atoms with van der Waals surface area (Å²) in [5, 5.41) is 0. The predicted molar refractivity (Wildman–Crippen MR) is 137 cm³/mol. The first kappa shape index (κ1) is 23.7. The maximum Gasteiger partial charge on any atom is 0.138 e. The van der Waals surface area contributed by atoms with Crippen molar-refractivity contribution >= 4 is 11.5 Å². The Bertz CT molecular complexity index is 1030. The second-order valence-electron chi connectivity index (χ2n) is 9.84. The molecule has 1 unspecified atom stereocenters. The van der Waals surface area contributed by atoms with Gasteiger partial charge in [0.25, 0.3) is 0 Å². The van der Waals surface area contributed by atoms with Crippen LogP contribution >= 0.6 is 0 Å². The highest BCUT2D eigenvalue weighted by atomic mass is 15.3. The molecule has 3 aromatic heterocycles. The number of hydrogen-bond donors (Lipinski definition) is 0. The maximum absolute atomic E-state index is 5.12. The molecule has 33 heavy (non-hydrogen) atoms. The van der Waals surface area contributed by atoms with Gasteiger partial charge in [0, 0.05) is 45.1 Å². The van der Waals surface area contributed by atoms with Crippen LogP contribution in [0.3, 0.4) is 0 Å². The van der Waals surface area contributed by atoms with Gasteiger partial charge in [0.15, 0.2) is 0 Å². The van der Waals surface area contributed by atoms with E-state index in [-0.39, 0.29) is 6.04 Å². The molecule has 0 amide bonds. The summed E-state index contributed by atoms with van der Waals surface area (Å²) in [5.74, 6) is 1.72. The molecule has 4 heterocycles. The summed E-state index contributed by atoms with van der Waals surface area (Å²) < 4.78 is 2.30. The molecule has 1 fully saturated rings. The van der Waals surface area contributed by atoms with Crippen molar-refractivity contribution in [1.82, 2.24) is 24.2 Å². The van der Waals surface area contributed by atoms with E-state index in [9.17, 15) is 0 Å². The zero-order valence-electron chi connectivity index (χ0n) is 21.0. The number of nitrogens with zero attached hydrogens (tertiary/aromatic N) is 6. The third-order valence-corrected chi connectivity index (χ3v) is 6.97. The Balaban J connectivity index is 1.63. The summed E-state index contributed by atoms with van der Waals surface area (Å²) in [5.41, 5.74) is 4.72. The van der Waals surface area contributed by atoms with E-state index in [0.717, 1.165) is 50.5 Å². The van der Waals surface area contributed by atoms with Crippen molar-refractivity contribution in [3.63, 3.8) is 0 Å². The van der Waals surface area contributed by atoms with E-state index in [1.165, 1.54) is 29.9 Å². The fraction of sp³-hybridized carbons (Fsp3) is 0.556. The van der Waals surface area contributed by atoms with Crippen molar-refractivity contribution in [2.45, 2.75) is 58.5 Å². The Morgan fingerprint density at radius 1 is 1.06 bits per heavy atom. The van der Waals surface area contributed by atoms with E-state index in [0.29, 0.717) is 5.92 Å². The van der Waals surface area contributed by atoms with Gasteiger partial charge in [0.1, 0.15) is 11.5 Å². The van der Waals surface area contributed by atoms with Crippen molar-refractivity contribution in [3.8, 4) is 0 Å². The van der Waals surface area contributed by atoms with Crippen molar-refractivity contribution in [2.24, 2.45) is 0 Å². The molecule has 4 rings (SSSR count). The first-order valence-corrected chi connectivity index (χ1v) is 12.5. The number of hydrogen-bond acceptors (Lipinski definition) is 5. The fourth-order valence-corrected chi connectivity index (χ4v) is 4.92. The first-order valence-electron chi connectivity index (χ1n) is 12.5. The molecule has 0 saturated carbocycles. The van der Waals surface area contributed by atoms with Gasteiger partial charge in [-0.1, -0.05) is 45.7 Å². The number of rotatable bonds is 9. The van der Waals surface area contributed by atoms with E-state index in [1.54, 1.807) is 0 Å².